The lowest BCUT2D eigenvalue weighted by Crippen LogP contribution is -2.34. The maximum atomic E-state index is 12.8. The zero-order valence-electron chi connectivity index (χ0n) is 13.2. The highest BCUT2D eigenvalue weighted by Crippen LogP contribution is 2.26. The quantitative estimate of drug-likeness (QED) is 0.795. The van der Waals surface area contributed by atoms with Crippen LogP contribution in [0.4, 0.5) is 0 Å². The van der Waals surface area contributed by atoms with Gasteiger partial charge in [0.2, 0.25) is 10.0 Å². The van der Waals surface area contributed by atoms with Crippen molar-refractivity contribution in [1.29, 1.82) is 0 Å². The van der Waals surface area contributed by atoms with E-state index in [1.165, 1.54) is 4.31 Å². The number of sulfonamides is 1. The van der Waals surface area contributed by atoms with Gasteiger partial charge in [0.1, 0.15) is 4.90 Å². The summed E-state index contributed by atoms with van der Waals surface area (Å²) in [5, 5.41) is 3.29. The lowest BCUT2D eigenvalue weighted by molar-refractivity contribution is 0.361. The molecule has 0 aromatic heterocycles. The van der Waals surface area contributed by atoms with Gasteiger partial charge in [-0.1, -0.05) is 44.9 Å². The Labute approximate surface area is 133 Å². The molecule has 6 heteroatoms. The summed E-state index contributed by atoms with van der Waals surface area (Å²) in [4.78, 5) is 0.196. The second-order valence-electron chi connectivity index (χ2n) is 5.26. The Bertz CT molecular complexity index is 561. The van der Waals surface area contributed by atoms with E-state index in [-0.39, 0.29) is 9.92 Å². The summed E-state index contributed by atoms with van der Waals surface area (Å²) in [7, 11) is -1.73. The van der Waals surface area contributed by atoms with Gasteiger partial charge in [0.05, 0.1) is 5.02 Å². The number of nitrogens with zero attached hydrogens (tertiary/aromatic N) is 1. The van der Waals surface area contributed by atoms with Gasteiger partial charge in [-0.25, -0.2) is 8.42 Å². The van der Waals surface area contributed by atoms with Crippen LogP contribution in [-0.4, -0.2) is 32.9 Å². The zero-order valence-corrected chi connectivity index (χ0v) is 14.8. The van der Waals surface area contributed by atoms with Crippen LogP contribution in [-0.2, 0) is 16.6 Å². The Morgan fingerprint density at radius 3 is 2.52 bits per heavy atom. The van der Waals surface area contributed by atoms with Crippen molar-refractivity contribution in [1.82, 2.24) is 9.62 Å². The van der Waals surface area contributed by atoms with E-state index in [9.17, 15) is 8.42 Å². The van der Waals surface area contributed by atoms with Gasteiger partial charge < -0.3 is 5.32 Å². The normalized spacial score (nSPS) is 13.6. The molecule has 0 saturated carbocycles. The van der Waals surface area contributed by atoms with Gasteiger partial charge in [0.15, 0.2) is 0 Å². The van der Waals surface area contributed by atoms with E-state index in [4.69, 9.17) is 11.6 Å². The fourth-order valence-corrected chi connectivity index (χ4v) is 4.17. The predicted molar refractivity (Wildman–Crippen MR) is 88.1 cm³/mol. The van der Waals surface area contributed by atoms with E-state index < -0.39 is 10.0 Å². The topological polar surface area (TPSA) is 49.4 Å². The number of nitrogens with one attached hydrogen (secondary N) is 1. The molecule has 1 rings (SSSR count). The van der Waals surface area contributed by atoms with Crippen LogP contribution < -0.4 is 5.32 Å². The molecule has 0 amide bonds. The summed E-state index contributed by atoms with van der Waals surface area (Å²) in [6.45, 7) is 7.53. The van der Waals surface area contributed by atoms with E-state index in [1.54, 1.807) is 12.1 Å². The number of hydrogen-bond donors (Lipinski definition) is 1. The van der Waals surface area contributed by atoms with Gasteiger partial charge in [0.25, 0.3) is 0 Å². The van der Waals surface area contributed by atoms with E-state index in [0.717, 1.165) is 12.0 Å². The largest absolute Gasteiger partial charge is 0.316 e. The first-order valence-corrected chi connectivity index (χ1v) is 9.11. The fourth-order valence-electron chi connectivity index (χ4n) is 2.07. The van der Waals surface area contributed by atoms with Gasteiger partial charge >= 0.3 is 0 Å². The summed E-state index contributed by atoms with van der Waals surface area (Å²) in [6, 6.07) is 5.15. The van der Waals surface area contributed by atoms with Gasteiger partial charge in [0, 0.05) is 19.6 Å². The van der Waals surface area contributed by atoms with Crippen molar-refractivity contribution in [2.45, 2.75) is 38.6 Å². The van der Waals surface area contributed by atoms with Gasteiger partial charge in [-0.2, -0.15) is 4.31 Å². The number of benzene rings is 1. The molecule has 1 aromatic carbocycles. The van der Waals surface area contributed by atoms with Crippen molar-refractivity contribution in [3.05, 3.63) is 28.8 Å². The molecule has 0 bridgehead atoms. The Morgan fingerprint density at radius 2 is 2.00 bits per heavy atom. The third-order valence-electron chi connectivity index (χ3n) is 3.56. The first kappa shape index (κ1) is 18.4. The first-order chi connectivity index (χ1) is 9.86. The highest BCUT2D eigenvalue weighted by atomic mass is 35.5. The molecule has 0 aliphatic heterocycles. The predicted octanol–water partition coefficient (Wildman–Crippen LogP) is 3.12. The number of halogens is 1. The summed E-state index contributed by atoms with van der Waals surface area (Å²) in [5.74, 6) is 0.319. The van der Waals surface area contributed by atoms with Crippen LogP contribution in [0.25, 0.3) is 0 Å². The van der Waals surface area contributed by atoms with Crippen molar-refractivity contribution in [2.24, 2.45) is 5.92 Å². The van der Waals surface area contributed by atoms with Crippen molar-refractivity contribution >= 4 is 21.6 Å². The maximum absolute atomic E-state index is 12.8. The van der Waals surface area contributed by atoms with Crippen molar-refractivity contribution in [3.8, 4) is 0 Å². The summed E-state index contributed by atoms with van der Waals surface area (Å²) in [6.07, 6.45) is 0.944. The molecule has 0 spiro atoms. The van der Waals surface area contributed by atoms with Crippen LogP contribution in [0.5, 0.6) is 0 Å². The van der Waals surface area contributed by atoms with Crippen molar-refractivity contribution in [3.63, 3.8) is 0 Å². The Balaban J connectivity index is 3.18. The van der Waals surface area contributed by atoms with Crippen LogP contribution >= 0.6 is 11.6 Å². The second-order valence-corrected chi connectivity index (χ2v) is 7.58. The average Bonchev–Trinajstić information content (AvgIpc) is 2.46. The molecule has 1 atom stereocenters. The molecule has 1 aromatic rings. The molecular formula is C15H25ClN2O2S. The minimum atomic E-state index is -3.55. The molecule has 0 heterocycles. The Morgan fingerprint density at radius 1 is 1.33 bits per heavy atom. The van der Waals surface area contributed by atoms with E-state index in [0.29, 0.717) is 25.6 Å². The van der Waals surface area contributed by atoms with Gasteiger partial charge in [-0.05, 0) is 30.7 Å². The van der Waals surface area contributed by atoms with E-state index in [1.807, 2.05) is 20.0 Å². The van der Waals surface area contributed by atoms with E-state index >= 15 is 0 Å². The molecule has 1 N–H and O–H groups in total. The molecule has 21 heavy (non-hydrogen) atoms. The van der Waals surface area contributed by atoms with Crippen molar-refractivity contribution < 1.29 is 8.42 Å². The monoisotopic (exact) mass is 332 g/mol. The molecule has 1 unspecified atom stereocenters. The van der Waals surface area contributed by atoms with Gasteiger partial charge in [-0.15, -0.1) is 0 Å². The highest BCUT2D eigenvalue weighted by Gasteiger charge is 2.26. The molecule has 4 nitrogen and oxygen atoms in total. The maximum Gasteiger partial charge on any atom is 0.244 e. The highest BCUT2D eigenvalue weighted by molar-refractivity contribution is 7.89. The molecule has 120 valence electrons. The minimum Gasteiger partial charge on any atom is -0.316 e. The van der Waals surface area contributed by atoms with Gasteiger partial charge in [-0.3, -0.25) is 0 Å². The Kier molecular flexibility index (Phi) is 7.13. The van der Waals surface area contributed by atoms with Crippen LogP contribution in [0.15, 0.2) is 23.1 Å². The van der Waals surface area contributed by atoms with Crippen LogP contribution in [0, 0.1) is 5.92 Å². The van der Waals surface area contributed by atoms with Crippen molar-refractivity contribution in [2.75, 3.05) is 20.1 Å². The minimum absolute atomic E-state index is 0.196. The standard InChI is InChI=1S/C15H25ClN2O2S/c1-5-12(3)11-18(6-2)21(19,20)15-9-13(10-17-4)7-8-14(15)16/h7-9,12,17H,5-6,10-11H2,1-4H3. The Hall–Kier alpha value is -0.620. The van der Waals surface area contributed by atoms with E-state index in [2.05, 4.69) is 19.2 Å². The average molecular weight is 333 g/mol. The molecule has 0 aliphatic rings. The third kappa shape index (κ3) is 4.68. The SMILES string of the molecule is CCC(C)CN(CC)S(=O)(=O)c1cc(CNC)ccc1Cl. The van der Waals surface area contributed by atoms with Crippen LogP contribution in [0.1, 0.15) is 32.8 Å². The smallest absolute Gasteiger partial charge is 0.244 e. The second kappa shape index (κ2) is 8.13. The van der Waals surface area contributed by atoms with Crippen LogP contribution in [0.3, 0.4) is 0 Å². The third-order valence-corrected chi connectivity index (χ3v) is 5.98. The molecular weight excluding hydrogens is 308 g/mol. The lowest BCUT2D eigenvalue weighted by atomic mass is 10.1. The summed E-state index contributed by atoms with van der Waals surface area (Å²) in [5.41, 5.74) is 0.903. The number of hydrogen-bond acceptors (Lipinski definition) is 3. The van der Waals surface area contributed by atoms with Crippen LogP contribution in [0.2, 0.25) is 5.02 Å². The first-order valence-electron chi connectivity index (χ1n) is 7.29. The molecule has 0 radical (unpaired) electrons. The molecule has 0 fully saturated rings. The fraction of sp³-hybridized carbons (Fsp3) is 0.600. The summed E-state index contributed by atoms with van der Waals surface area (Å²) < 4.78 is 27.1. The summed E-state index contributed by atoms with van der Waals surface area (Å²) >= 11 is 6.13. The molecule has 0 saturated heterocycles. The number of rotatable bonds is 8. The lowest BCUT2D eigenvalue weighted by Gasteiger charge is -2.24. The zero-order chi connectivity index (χ0) is 16.0. The molecule has 0 aliphatic carbocycles.